The van der Waals surface area contributed by atoms with Crippen LogP contribution in [0.1, 0.15) is 15.9 Å². The Balaban J connectivity index is 2.12. The van der Waals surface area contributed by atoms with E-state index in [9.17, 15) is 4.79 Å². The SMILES string of the molecule is COCOC(=O)c1cc(OCc2ccccc2)ccc1OCOC. The monoisotopic (exact) mass is 332 g/mol. The first-order valence-electron chi connectivity index (χ1n) is 7.33. The molecule has 0 saturated carbocycles. The largest absolute Gasteiger partial charge is 0.489 e. The van der Waals surface area contributed by atoms with Gasteiger partial charge in [-0.15, -0.1) is 0 Å². The van der Waals surface area contributed by atoms with E-state index in [1.54, 1.807) is 18.2 Å². The fourth-order valence-corrected chi connectivity index (χ4v) is 1.94. The highest BCUT2D eigenvalue weighted by Gasteiger charge is 2.16. The Bertz CT molecular complexity index is 641. The highest BCUT2D eigenvalue weighted by Crippen LogP contribution is 2.26. The molecule has 0 saturated heterocycles. The molecule has 0 heterocycles. The molecule has 0 amide bonds. The number of carbonyl (C=O) groups is 1. The number of rotatable bonds is 9. The molecule has 6 heteroatoms. The quantitative estimate of drug-likeness (QED) is 0.519. The Hall–Kier alpha value is -2.57. The van der Waals surface area contributed by atoms with E-state index in [0.29, 0.717) is 18.1 Å². The lowest BCUT2D eigenvalue weighted by atomic mass is 10.2. The van der Waals surface area contributed by atoms with Gasteiger partial charge in [-0.2, -0.15) is 0 Å². The predicted octanol–water partition coefficient (Wildman–Crippen LogP) is 3.01. The van der Waals surface area contributed by atoms with Crippen molar-refractivity contribution in [3.05, 3.63) is 59.7 Å². The summed E-state index contributed by atoms with van der Waals surface area (Å²) in [7, 11) is 2.94. The molecular formula is C18H20O6. The van der Waals surface area contributed by atoms with Crippen LogP contribution in [0.2, 0.25) is 0 Å². The summed E-state index contributed by atoms with van der Waals surface area (Å²) >= 11 is 0. The van der Waals surface area contributed by atoms with Crippen LogP contribution in [-0.2, 0) is 20.8 Å². The van der Waals surface area contributed by atoms with Crippen LogP contribution < -0.4 is 9.47 Å². The number of carbonyl (C=O) groups excluding carboxylic acids is 1. The molecule has 0 spiro atoms. The van der Waals surface area contributed by atoms with E-state index in [1.165, 1.54) is 14.2 Å². The molecule has 0 radical (unpaired) electrons. The second kappa shape index (κ2) is 9.54. The first-order chi connectivity index (χ1) is 11.7. The summed E-state index contributed by atoms with van der Waals surface area (Å²) in [5, 5.41) is 0. The second-order valence-corrected chi connectivity index (χ2v) is 4.82. The van der Waals surface area contributed by atoms with Gasteiger partial charge in [-0.25, -0.2) is 4.79 Å². The molecule has 0 N–H and O–H groups in total. The van der Waals surface area contributed by atoms with Gasteiger partial charge in [-0.05, 0) is 23.8 Å². The average Bonchev–Trinajstić information content (AvgIpc) is 2.63. The maximum atomic E-state index is 12.1. The molecular weight excluding hydrogens is 312 g/mol. The zero-order valence-corrected chi connectivity index (χ0v) is 13.7. The van der Waals surface area contributed by atoms with Gasteiger partial charge in [0.05, 0.1) is 0 Å². The summed E-state index contributed by atoms with van der Waals surface area (Å²) < 4.78 is 25.7. The van der Waals surface area contributed by atoms with Crippen molar-refractivity contribution >= 4 is 5.97 Å². The van der Waals surface area contributed by atoms with Crippen LogP contribution in [0.5, 0.6) is 11.5 Å². The van der Waals surface area contributed by atoms with Gasteiger partial charge in [0.1, 0.15) is 23.7 Å². The molecule has 0 aromatic heterocycles. The van der Waals surface area contributed by atoms with E-state index in [0.717, 1.165) is 5.56 Å². The van der Waals surface area contributed by atoms with Crippen LogP contribution in [0, 0.1) is 0 Å². The summed E-state index contributed by atoms with van der Waals surface area (Å²) in [6.07, 6.45) is 0. The van der Waals surface area contributed by atoms with Crippen molar-refractivity contribution in [2.45, 2.75) is 6.61 Å². The van der Waals surface area contributed by atoms with Crippen molar-refractivity contribution in [3.8, 4) is 11.5 Å². The van der Waals surface area contributed by atoms with Crippen LogP contribution in [0.3, 0.4) is 0 Å². The van der Waals surface area contributed by atoms with Crippen LogP contribution in [-0.4, -0.2) is 33.8 Å². The van der Waals surface area contributed by atoms with Gasteiger partial charge >= 0.3 is 5.97 Å². The molecule has 128 valence electrons. The third-order valence-corrected chi connectivity index (χ3v) is 3.06. The predicted molar refractivity (Wildman–Crippen MR) is 87.0 cm³/mol. The Kier molecular flexibility index (Phi) is 7.07. The zero-order chi connectivity index (χ0) is 17.2. The molecule has 2 aromatic rings. The number of hydrogen-bond donors (Lipinski definition) is 0. The molecule has 0 atom stereocenters. The highest BCUT2D eigenvalue weighted by atomic mass is 16.7. The van der Waals surface area contributed by atoms with E-state index < -0.39 is 5.97 Å². The van der Waals surface area contributed by atoms with Crippen molar-refractivity contribution in [2.24, 2.45) is 0 Å². The van der Waals surface area contributed by atoms with Gasteiger partial charge in [0, 0.05) is 14.2 Å². The minimum absolute atomic E-state index is 0.0226. The van der Waals surface area contributed by atoms with E-state index in [2.05, 4.69) is 0 Å². The molecule has 0 fully saturated rings. The average molecular weight is 332 g/mol. The Morgan fingerprint density at radius 3 is 2.38 bits per heavy atom. The summed E-state index contributed by atoms with van der Waals surface area (Å²) in [5.41, 5.74) is 1.27. The van der Waals surface area contributed by atoms with Gasteiger partial charge in [-0.1, -0.05) is 30.3 Å². The summed E-state index contributed by atoms with van der Waals surface area (Å²) in [6, 6.07) is 14.7. The number of esters is 1. The first kappa shape index (κ1) is 17.8. The molecule has 0 unspecified atom stereocenters. The Morgan fingerprint density at radius 1 is 0.917 bits per heavy atom. The van der Waals surface area contributed by atoms with E-state index >= 15 is 0 Å². The normalized spacial score (nSPS) is 10.2. The third kappa shape index (κ3) is 5.26. The maximum Gasteiger partial charge on any atom is 0.344 e. The molecule has 0 bridgehead atoms. The summed E-state index contributed by atoms with van der Waals surface area (Å²) in [5.74, 6) is 0.325. The molecule has 6 nitrogen and oxygen atoms in total. The van der Waals surface area contributed by atoms with Crippen molar-refractivity contribution < 1.29 is 28.5 Å². The standard InChI is InChI=1S/C18H20O6/c1-20-12-23-17-9-8-15(10-16(17)18(19)24-13-21-2)22-11-14-6-4-3-5-7-14/h3-10H,11-13H2,1-2H3. The lowest BCUT2D eigenvalue weighted by Crippen LogP contribution is -2.11. The first-order valence-corrected chi connectivity index (χ1v) is 7.33. The number of benzene rings is 2. The molecule has 24 heavy (non-hydrogen) atoms. The molecule has 0 aliphatic rings. The van der Waals surface area contributed by atoms with E-state index in [1.807, 2.05) is 30.3 Å². The molecule has 2 aromatic carbocycles. The summed E-state index contributed by atoms with van der Waals surface area (Å²) in [6.45, 7) is 0.276. The molecule has 2 rings (SSSR count). The number of ether oxygens (including phenoxy) is 5. The highest BCUT2D eigenvalue weighted by molar-refractivity contribution is 5.93. The van der Waals surface area contributed by atoms with Gasteiger partial charge in [0.2, 0.25) is 0 Å². The van der Waals surface area contributed by atoms with E-state index in [-0.39, 0.29) is 19.1 Å². The van der Waals surface area contributed by atoms with Gasteiger partial charge in [0.15, 0.2) is 13.6 Å². The number of hydrogen-bond acceptors (Lipinski definition) is 6. The third-order valence-electron chi connectivity index (χ3n) is 3.06. The lowest BCUT2D eigenvalue weighted by molar-refractivity contribution is -0.0133. The molecule has 0 aliphatic carbocycles. The Morgan fingerprint density at radius 2 is 1.67 bits per heavy atom. The number of methoxy groups -OCH3 is 2. The van der Waals surface area contributed by atoms with Crippen molar-refractivity contribution in [1.29, 1.82) is 0 Å². The second-order valence-electron chi connectivity index (χ2n) is 4.82. The van der Waals surface area contributed by atoms with Crippen LogP contribution in [0.25, 0.3) is 0 Å². The maximum absolute atomic E-state index is 12.1. The van der Waals surface area contributed by atoms with Gasteiger partial charge in [0.25, 0.3) is 0 Å². The summed E-state index contributed by atoms with van der Waals surface area (Å²) in [4.78, 5) is 12.1. The van der Waals surface area contributed by atoms with E-state index in [4.69, 9.17) is 23.7 Å². The van der Waals surface area contributed by atoms with Crippen molar-refractivity contribution in [1.82, 2.24) is 0 Å². The van der Waals surface area contributed by atoms with Crippen LogP contribution in [0.4, 0.5) is 0 Å². The Labute approximate surface area is 140 Å². The van der Waals surface area contributed by atoms with Crippen LogP contribution in [0.15, 0.2) is 48.5 Å². The van der Waals surface area contributed by atoms with Gasteiger partial charge in [-0.3, -0.25) is 0 Å². The zero-order valence-electron chi connectivity index (χ0n) is 13.7. The topological polar surface area (TPSA) is 63.2 Å². The van der Waals surface area contributed by atoms with Crippen molar-refractivity contribution in [2.75, 3.05) is 27.8 Å². The molecule has 0 aliphatic heterocycles. The fourth-order valence-electron chi connectivity index (χ4n) is 1.94. The minimum Gasteiger partial charge on any atom is -0.489 e. The van der Waals surface area contributed by atoms with Crippen molar-refractivity contribution in [3.63, 3.8) is 0 Å². The minimum atomic E-state index is -0.562. The fraction of sp³-hybridized carbons (Fsp3) is 0.278. The lowest BCUT2D eigenvalue weighted by Gasteiger charge is -2.13. The van der Waals surface area contributed by atoms with Gasteiger partial charge < -0.3 is 23.7 Å². The van der Waals surface area contributed by atoms with Crippen LogP contribution >= 0.6 is 0 Å². The smallest absolute Gasteiger partial charge is 0.344 e.